The molecule has 5 heteroatoms. The summed E-state index contributed by atoms with van der Waals surface area (Å²) in [7, 11) is 0. The predicted octanol–water partition coefficient (Wildman–Crippen LogP) is 2.67. The van der Waals surface area contributed by atoms with Crippen molar-refractivity contribution in [3.63, 3.8) is 0 Å². The molecule has 1 aromatic carbocycles. The van der Waals surface area contributed by atoms with E-state index in [1.807, 2.05) is 12.2 Å². The highest BCUT2D eigenvalue weighted by molar-refractivity contribution is 6.22. The first-order chi connectivity index (χ1) is 10.1. The molecular weight excluding hydrogens is 276 g/mol. The number of anilines is 1. The van der Waals surface area contributed by atoms with Crippen LogP contribution in [0.1, 0.15) is 12.8 Å². The van der Waals surface area contributed by atoms with Crippen LogP contribution in [-0.4, -0.2) is 11.8 Å². The van der Waals surface area contributed by atoms with Gasteiger partial charge in [0.1, 0.15) is 0 Å². The number of nitrogens with zero attached hydrogens (tertiary/aromatic N) is 1. The number of benzene rings is 1. The Labute approximate surface area is 120 Å². The quantitative estimate of drug-likeness (QED) is 0.589. The van der Waals surface area contributed by atoms with Crippen molar-refractivity contribution >= 4 is 17.5 Å². The third-order valence-electron chi connectivity index (χ3n) is 4.92. The molecule has 5 rings (SSSR count). The van der Waals surface area contributed by atoms with Crippen molar-refractivity contribution in [2.24, 2.45) is 23.7 Å². The first-order valence-electron chi connectivity index (χ1n) is 7.09. The third-order valence-corrected chi connectivity index (χ3v) is 4.92. The van der Waals surface area contributed by atoms with Crippen LogP contribution in [0.15, 0.2) is 30.4 Å². The fourth-order valence-electron chi connectivity index (χ4n) is 3.95. The lowest BCUT2D eigenvalue weighted by molar-refractivity contribution is -0.124. The van der Waals surface area contributed by atoms with E-state index in [0.717, 1.165) is 29.9 Å². The SMILES string of the molecule is O=C1C2C3C=CC(CC3)C2C(=O)N1c1ccc(F)c(F)c1. The van der Waals surface area contributed by atoms with E-state index >= 15 is 0 Å². The molecule has 4 atom stereocenters. The van der Waals surface area contributed by atoms with Crippen LogP contribution in [0.5, 0.6) is 0 Å². The van der Waals surface area contributed by atoms with Crippen LogP contribution in [0.4, 0.5) is 14.5 Å². The highest BCUT2D eigenvalue weighted by Gasteiger charge is 2.56. The number of imide groups is 1. The van der Waals surface area contributed by atoms with Crippen LogP contribution in [0.25, 0.3) is 0 Å². The molecule has 3 aliphatic carbocycles. The molecule has 2 bridgehead atoms. The largest absolute Gasteiger partial charge is 0.274 e. The van der Waals surface area contributed by atoms with E-state index in [0.29, 0.717) is 0 Å². The fourth-order valence-corrected chi connectivity index (χ4v) is 3.95. The molecule has 1 heterocycles. The van der Waals surface area contributed by atoms with Gasteiger partial charge in [0.05, 0.1) is 17.5 Å². The molecule has 2 amide bonds. The normalized spacial score (nSPS) is 33.7. The maximum Gasteiger partial charge on any atom is 0.238 e. The Kier molecular flexibility index (Phi) is 2.55. The molecule has 2 fully saturated rings. The lowest BCUT2D eigenvalue weighted by Gasteiger charge is -2.38. The summed E-state index contributed by atoms with van der Waals surface area (Å²) in [5.41, 5.74) is 0.123. The summed E-state index contributed by atoms with van der Waals surface area (Å²) in [6.45, 7) is 0. The number of fused-ring (bicyclic) bond motifs is 1. The van der Waals surface area contributed by atoms with E-state index < -0.39 is 11.6 Å². The summed E-state index contributed by atoms with van der Waals surface area (Å²) >= 11 is 0. The summed E-state index contributed by atoms with van der Waals surface area (Å²) in [6.07, 6.45) is 5.87. The van der Waals surface area contributed by atoms with Crippen LogP contribution < -0.4 is 4.90 Å². The second-order valence-corrected chi connectivity index (χ2v) is 5.95. The van der Waals surface area contributed by atoms with Gasteiger partial charge < -0.3 is 0 Å². The summed E-state index contributed by atoms with van der Waals surface area (Å²) in [5, 5.41) is 0. The Morgan fingerprint density at radius 3 is 1.95 bits per heavy atom. The number of halogens is 2. The molecule has 1 saturated heterocycles. The lowest BCUT2D eigenvalue weighted by atomic mass is 9.63. The number of carbonyl (C=O) groups is 2. The van der Waals surface area contributed by atoms with E-state index in [1.165, 1.54) is 6.07 Å². The Hall–Kier alpha value is -2.04. The van der Waals surface area contributed by atoms with Gasteiger partial charge in [0.2, 0.25) is 11.8 Å². The number of hydrogen-bond donors (Lipinski definition) is 0. The summed E-state index contributed by atoms with van der Waals surface area (Å²) in [6, 6.07) is 3.14. The smallest absolute Gasteiger partial charge is 0.238 e. The number of allylic oxidation sites excluding steroid dienone is 2. The first-order valence-corrected chi connectivity index (χ1v) is 7.09. The lowest BCUT2D eigenvalue weighted by Crippen LogP contribution is -2.38. The van der Waals surface area contributed by atoms with Gasteiger partial charge in [-0.15, -0.1) is 0 Å². The maximum absolute atomic E-state index is 13.4. The van der Waals surface area contributed by atoms with Gasteiger partial charge in [-0.1, -0.05) is 12.2 Å². The van der Waals surface area contributed by atoms with Crippen molar-refractivity contribution in [1.29, 1.82) is 0 Å². The number of hydrogen-bond acceptors (Lipinski definition) is 2. The maximum atomic E-state index is 13.4. The zero-order valence-corrected chi connectivity index (χ0v) is 11.1. The second-order valence-electron chi connectivity index (χ2n) is 5.95. The van der Waals surface area contributed by atoms with Gasteiger partial charge in [0, 0.05) is 6.07 Å². The van der Waals surface area contributed by atoms with Crippen molar-refractivity contribution in [2.45, 2.75) is 12.8 Å². The van der Waals surface area contributed by atoms with E-state index in [4.69, 9.17) is 0 Å². The molecule has 4 unspecified atom stereocenters. The minimum atomic E-state index is -1.05. The summed E-state index contributed by atoms with van der Waals surface area (Å²) in [4.78, 5) is 26.2. The molecule has 1 aliphatic heterocycles. The highest BCUT2D eigenvalue weighted by atomic mass is 19.2. The second kappa shape index (κ2) is 4.23. The Morgan fingerprint density at radius 2 is 1.48 bits per heavy atom. The molecule has 0 N–H and O–H groups in total. The fraction of sp³-hybridized carbons (Fsp3) is 0.375. The van der Waals surface area contributed by atoms with Crippen molar-refractivity contribution in [2.75, 3.05) is 4.90 Å². The van der Waals surface area contributed by atoms with Crippen LogP contribution >= 0.6 is 0 Å². The Morgan fingerprint density at radius 1 is 0.905 bits per heavy atom. The summed E-state index contributed by atoms with van der Waals surface area (Å²) in [5.74, 6) is -3.10. The standard InChI is InChI=1S/C16H13F2NO2/c17-11-6-5-10(7-12(11)18)19-15(20)13-8-1-2-9(4-3-8)14(13)16(19)21/h1-2,5-9,13-14H,3-4H2. The monoisotopic (exact) mass is 289 g/mol. The summed E-state index contributed by atoms with van der Waals surface area (Å²) < 4.78 is 26.4. The zero-order valence-electron chi connectivity index (χ0n) is 11.1. The van der Waals surface area contributed by atoms with Crippen LogP contribution in [0.2, 0.25) is 0 Å². The molecule has 3 nitrogen and oxygen atoms in total. The molecule has 0 aromatic heterocycles. The van der Waals surface area contributed by atoms with E-state index in [2.05, 4.69) is 0 Å². The molecule has 4 aliphatic rings. The van der Waals surface area contributed by atoms with E-state index in [9.17, 15) is 18.4 Å². The molecule has 0 spiro atoms. The molecule has 1 aromatic rings. The van der Waals surface area contributed by atoms with Gasteiger partial charge in [0.25, 0.3) is 0 Å². The molecule has 108 valence electrons. The Balaban J connectivity index is 1.76. The average molecular weight is 289 g/mol. The first kappa shape index (κ1) is 12.7. The Bertz CT molecular complexity index is 653. The van der Waals surface area contributed by atoms with Crippen LogP contribution in [-0.2, 0) is 9.59 Å². The van der Waals surface area contributed by atoms with Gasteiger partial charge >= 0.3 is 0 Å². The van der Waals surface area contributed by atoms with Crippen molar-refractivity contribution in [3.05, 3.63) is 42.0 Å². The molecule has 0 radical (unpaired) electrons. The van der Waals surface area contributed by atoms with Crippen LogP contribution in [0, 0.1) is 35.3 Å². The van der Waals surface area contributed by atoms with Crippen molar-refractivity contribution < 1.29 is 18.4 Å². The minimum Gasteiger partial charge on any atom is -0.274 e. The average Bonchev–Trinajstić information content (AvgIpc) is 2.78. The number of rotatable bonds is 1. The number of carbonyl (C=O) groups excluding carboxylic acids is 2. The van der Waals surface area contributed by atoms with Crippen LogP contribution in [0.3, 0.4) is 0 Å². The molecule has 1 saturated carbocycles. The molecular formula is C16H13F2NO2. The molecule has 21 heavy (non-hydrogen) atoms. The predicted molar refractivity (Wildman–Crippen MR) is 71.2 cm³/mol. The minimum absolute atomic E-state index is 0.0896. The van der Waals surface area contributed by atoms with E-state index in [1.54, 1.807) is 0 Å². The highest BCUT2D eigenvalue weighted by Crippen LogP contribution is 2.50. The van der Waals surface area contributed by atoms with Gasteiger partial charge in [-0.05, 0) is 36.8 Å². The van der Waals surface area contributed by atoms with E-state index in [-0.39, 0.29) is 41.2 Å². The van der Waals surface area contributed by atoms with Gasteiger partial charge in [-0.3, -0.25) is 9.59 Å². The van der Waals surface area contributed by atoms with Gasteiger partial charge in [-0.25, -0.2) is 13.7 Å². The van der Waals surface area contributed by atoms with Gasteiger partial charge in [0.15, 0.2) is 11.6 Å². The van der Waals surface area contributed by atoms with Crippen molar-refractivity contribution in [3.8, 4) is 0 Å². The third kappa shape index (κ3) is 1.63. The topological polar surface area (TPSA) is 37.4 Å². The van der Waals surface area contributed by atoms with Gasteiger partial charge in [-0.2, -0.15) is 0 Å². The zero-order chi connectivity index (χ0) is 14.7. The van der Waals surface area contributed by atoms with Crippen molar-refractivity contribution in [1.82, 2.24) is 0 Å². The number of amides is 2.